The maximum Gasteiger partial charge on any atom is 0.343 e. The van der Waals surface area contributed by atoms with Gasteiger partial charge in [0.2, 0.25) is 0 Å². The quantitative estimate of drug-likeness (QED) is 0.540. The number of hydrogen-bond acceptors (Lipinski definition) is 5. The minimum absolute atomic E-state index is 0.0347. The van der Waals surface area contributed by atoms with Gasteiger partial charge < -0.3 is 4.74 Å². The van der Waals surface area contributed by atoms with Crippen LogP contribution in [0.4, 0.5) is 4.39 Å². The first-order valence-corrected chi connectivity index (χ1v) is 7.38. The Labute approximate surface area is 143 Å². The molecule has 6 heteroatoms. The highest BCUT2D eigenvalue weighted by Crippen LogP contribution is 2.19. The molecular weight excluding hydrogens is 321 g/mol. The van der Waals surface area contributed by atoms with Gasteiger partial charge in [-0.25, -0.2) is 19.2 Å². The molecule has 3 aromatic rings. The van der Waals surface area contributed by atoms with Crippen LogP contribution >= 0.6 is 0 Å². The summed E-state index contributed by atoms with van der Waals surface area (Å²) in [5.41, 5.74) is 1.92. The van der Waals surface area contributed by atoms with Gasteiger partial charge >= 0.3 is 5.97 Å². The van der Waals surface area contributed by atoms with Gasteiger partial charge in [-0.1, -0.05) is 12.1 Å². The maximum absolute atomic E-state index is 13.5. The first-order valence-electron chi connectivity index (χ1n) is 7.38. The second kappa shape index (κ2) is 6.89. The number of ether oxygens (including phenoxy) is 1. The van der Waals surface area contributed by atoms with E-state index in [0.29, 0.717) is 11.4 Å². The van der Waals surface area contributed by atoms with Crippen molar-refractivity contribution in [2.75, 3.05) is 0 Å². The van der Waals surface area contributed by atoms with Crippen LogP contribution in [0.3, 0.4) is 0 Å². The van der Waals surface area contributed by atoms with Crippen LogP contribution in [-0.4, -0.2) is 15.9 Å². The Balaban J connectivity index is 1.76. The molecule has 0 atom stereocenters. The molecule has 0 saturated carbocycles. The monoisotopic (exact) mass is 333 g/mol. The fourth-order valence-corrected chi connectivity index (χ4v) is 2.11. The molecule has 3 rings (SSSR count). The van der Waals surface area contributed by atoms with Crippen LogP contribution in [0.25, 0.3) is 11.4 Å². The number of halogens is 1. The van der Waals surface area contributed by atoms with Gasteiger partial charge in [-0.3, -0.25) is 0 Å². The third-order valence-electron chi connectivity index (χ3n) is 3.43. The summed E-state index contributed by atoms with van der Waals surface area (Å²) in [7, 11) is 0. The number of rotatable bonds is 3. The summed E-state index contributed by atoms with van der Waals surface area (Å²) in [5, 5.41) is 8.70. The molecule has 1 aromatic heterocycles. The van der Waals surface area contributed by atoms with Crippen LogP contribution in [0.2, 0.25) is 0 Å². The summed E-state index contributed by atoms with van der Waals surface area (Å²) < 4.78 is 18.7. The van der Waals surface area contributed by atoms with Gasteiger partial charge in [0.05, 0.1) is 11.1 Å². The van der Waals surface area contributed by atoms with Crippen molar-refractivity contribution in [2.24, 2.45) is 0 Å². The minimum atomic E-state index is -0.736. The van der Waals surface area contributed by atoms with Gasteiger partial charge in [-0.2, -0.15) is 5.26 Å². The summed E-state index contributed by atoms with van der Waals surface area (Å²) in [4.78, 5) is 20.6. The Morgan fingerprint density at radius 3 is 2.40 bits per heavy atom. The van der Waals surface area contributed by atoms with Gasteiger partial charge in [0.15, 0.2) is 5.82 Å². The highest BCUT2D eigenvalue weighted by atomic mass is 19.1. The van der Waals surface area contributed by atoms with Crippen LogP contribution in [0.1, 0.15) is 21.5 Å². The standard InChI is InChI=1S/C19H12FN3O2/c1-12-10-22-18(23-11-12)13-2-4-14(5-3-13)19(24)25-16-7-6-15(9-21)17(20)8-16/h2-8,10-11H,1H3. The lowest BCUT2D eigenvalue weighted by atomic mass is 10.1. The molecule has 0 saturated heterocycles. The van der Waals surface area contributed by atoms with Crippen molar-refractivity contribution < 1.29 is 13.9 Å². The minimum Gasteiger partial charge on any atom is -0.423 e. The van der Waals surface area contributed by atoms with Crippen molar-refractivity contribution in [3.63, 3.8) is 0 Å². The first-order chi connectivity index (χ1) is 12.1. The molecule has 0 aliphatic heterocycles. The van der Waals surface area contributed by atoms with E-state index in [1.165, 1.54) is 12.1 Å². The lowest BCUT2D eigenvalue weighted by Crippen LogP contribution is -2.08. The van der Waals surface area contributed by atoms with Gasteiger partial charge in [0.25, 0.3) is 0 Å². The molecule has 0 amide bonds. The number of hydrogen-bond donors (Lipinski definition) is 0. The van der Waals surface area contributed by atoms with Crippen LogP contribution in [0, 0.1) is 24.1 Å². The lowest BCUT2D eigenvalue weighted by molar-refractivity contribution is 0.0734. The number of benzene rings is 2. The largest absolute Gasteiger partial charge is 0.423 e. The predicted octanol–water partition coefficient (Wildman–Crippen LogP) is 3.68. The molecule has 1 heterocycles. The van der Waals surface area contributed by atoms with E-state index in [1.54, 1.807) is 42.7 Å². The number of nitrogens with zero attached hydrogens (tertiary/aromatic N) is 3. The summed E-state index contributed by atoms with van der Waals surface area (Å²) in [5.74, 6) is -0.771. The summed E-state index contributed by atoms with van der Waals surface area (Å²) in [6, 6.07) is 11.9. The molecule has 0 fully saturated rings. The molecule has 0 bridgehead atoms. The van der Waals surface area contributed by atoms with Crippen LogP contribution in [-0.2, 0) is 0 Å². The van der Waals surface area contributed by atoms with Crippen molar-refractivity contribution in [3.8, 4) is 23.2 Å². The summed E-state index contributed by atoms with van der Waals surface area (Å²) in [6.45, 7) is 1.90. The Kier molecular flexibility index (Phi) is 4.48. The summed E-state index contributed by atoms with van der Waals surface area (Å²) in [6.07, 6.45) is 3.42. The van der Waals surface area contributed by atoms with Crippen molar-refractivity contribution in [2.45, 2.75) is 6.92 Å². The zero-order valence-electron chi connectivity index (χ0n) is 13.2. The van der Waals surface area contributed by atoms with Crippen molar-refractivity contribution in [3.05, 3.63) is 77.4 Å². The number of esters is 1. The molecule has 0 radical (unpaired) electrons. The van der Waals surface area contributed by atoms with Gasteiger partial charge in [-0.05, 0) is 36.8 Å². The van der Waals surface area contributed by atoms with E-state index in [-0.39, 0.29) is 11.3 Å². The second-order valence-corrected chi connectivity index (χ2v) is 5.30. The predicted molar refractivity (Wildman–Crippen MR) is 88.3 cm³/mol. The van der Waals surface area contributed by atoms with E-state index >= 15 is 0 Å². The lowest BCUT2D eigenvalue weighted by Gasteiger charge is -2.06. The molecule has 122 valence electrons. The van der Waals surface area contributed by atoms with E-state index in [9.17, 15) is 9.18 Å². The van der Waals surface area contributed by atoms with Crippen LogP contribution in [0.5, 0.6) is 5.75 Å². The molecule has 25 heavy (non-hydrogen) atoms. The number of nitriles is 1. The van der Waals surface area contributed by atoms with Crippen LogP contribution < -0.4 is 4.74 Å². The molecule has 2 aromatic carbocycles. The molecule has 0 aliphatic carbocycles. The van der Waals surface area contributed by atoms with Crippen LogP contribution in [0.15, 0.2) is 54.9 Å². The smallest absolute Gasteiger partial charge is 0.343 e. The van der Waals surface area contributed by atoms with Crippen molar-refractivity contribution >= 4 is 5.97 Å². The number of carbonyl (C=O) groups is 1. The Hall–Kier alpha value is -3.59. The number of aryl methyl sites for hydroxylation is 1. The number of aromatic nitrogens is 2. The second-order valence-electron chi connectivity index (χ2n) is 5.30. The number of carbonyl (C=O) groups excluding carboxylic acids is 1. The van der Waals surface area contributed by atoms with Crippen molar-refractivity contribution in [1.82, 2.24) is 9.97 Å². The maximum atomic E-state index is 13.5. The van der Waals surface area contributed by atoms with E-state index in [0.717, 1.165) is 17.2 Å². The van der Waals surface area contributed by atoms with Gasteiger partial charge in [0.1, 0.15) is 17.6 Å². The fraction of sp³-hybridized carbons (Fsp3) is 0.0526. The Morgan fingerprint density at radius 1 is 1.12 bits per heavy atom. The third kappa shape index (κ3) is 3.67. The molecule has 0 aliphatic rings. The average Bonchev–Trinajstić information content (AvgIpc) is 2.63. The molecule has 0 spiro atoms. The highest BCUT2D eigenvalue weighted by molar-refractivity contribution is 5.91. The molecular formula is C19H12FN3O2. The Bertz CT molecular complexity index is 961. The first kappa shape index (κ1) is 16.3. The van der Waals surface area contributed by atoms with E-state index in [2.05, 4.69) is 9.97 Å². The topological polar surface area (TPSA) is 75.9 Å². The highest BCUT2D eigenvalue weighted by Gasteiger charge is 2.11. The Morgan fingerprint density at radius 2 is 1.80 bits per heavy atom. The summed E-state index contributed by atoms with van der Waals surface area (Å²) >= 11 is 0. The fourth-order valence-electron chi connectivity index (χ4n) is 2.11. The SMILES string of the molecule is Cc1cnc(-c2ccc(C(=O)Oc3ccc(C#N)c(F)c3)cc2)nc1. The van der Waals surface area contributed by atoms with E-state index < -0.39 is 11.8 Å². The van der Waals surface area contributed by atoms with Gasteiger partial charge in [-0.15, -0.1) is 0 Å². The third-order valence-corrected chi connectivity index (χ3v) is 3.43. The van der Waals surface area contributed by atoms with E-state index in [1.807, 2.05) is 6.92 Å². The molecule has 0 unspecified atom stereocenters. The normalized spacial score (nSPS) is 10.1. The average molecular weight is 333 g/mol. The zero-order chi connectivity index (χ0) is 17.8. The molecule has 0 N–H and O–H groups in total. The van der Waals surface area contributed by atoms with E-state index in [4.69, 9.17) is 10.00 Å². The molecule has 5 nitrogen and oxygen atoms in total. The van der Waals surface area contributed by atoms with Gasteiger partial charge in [0, 0.05) is 24.0 Å². The van der Waals surface area contributed by atoms with Crippen molar-refractivity contribution in [1.29, 1.82) is 5.26 Å². The zero-order valence-corrected chi connectivity index (χ0v) is 13.2.